The number of rotatable bonds is 9. The lowest BCUT2D eigenvalue weighted by Crippen LogP contribution is -2.49. The molecule has 1 aliphatic rings. The van der Waals surface area contributed by atoms with Gasteiger partial charge < -0.3 is 10.1 Å². The number of aryl methyl sites for hydroxylation is 2. The Morgan fingerprint density at radius 1 is 0.833 bits per heavy atom. The second-order valence-electron chi connectivity index (χ2n) is 10.4. The van der Waals surface area contributed by atoms with Crippen LogP contribution in [-0.2, 0) is 14.8 Å². The number of nitrogens with one attached hydrogen (secondary N) is 1. The lowest BCUT2D eigenvalue weighted by atomic mass is 9.96. The van der Waals surface area contributed by atoms with Gasteiger partial charge in [0.25, 0.3) is 5.91 Å². The quantitative estimate of drug-likeness (QED) is 0.235. The van der Waals surface area contributed by atoms with Crippen molar-refractivity contribution in [1.82, 2.24) is 9.21 Å². The number of carbonyl (C=O) groups excluding carboxylic acids is 1. The molecule has 0 aromatic heterocycles. The van der Waals surface area contributed by atoms with E-state index in [2.05, 4.69) is 50.4 Å². The Bertz CT molecular complexity index is 1560. The van der Waals surface area contributed by atoms with Gasteiger partial charge in [-0.3, -0.25) is 9.69 Å². The van der Waals surface area contributed by atoms with Crippen molar-refractivity contribution >= 4 is 37.5 Å². The number of benzene rings is 4. The van der Waals surface area contributed by atoms with Crippen LogP contribution in [0.5, 0.6) is 5.75 Å². The number of nitrogens with zero attached hydrogens (tertiary/aromatic N) is 2. The Morgan fingerprint density at radius 3 is 1.88 bits per heavy atom. The number of halogens is 1. The molecule has 4 aromatic carbocycles. The molecule has 42 heavy (non-hydrogen) atoms. The number of ether oxygens (including phenoxy) is 1. The van der Waals surface area contributed by atoms with Gasteiger partial charge in [0.2, 0.25) is 10.0 Å². The number of sulfonamides is 1. The average Bonchev–Trinajstić information content (AvgIpc) is 2.98. The summed E-state index contributed by atoms with van der Waals surface area (Å²) in [4.78, 5) is 15.1. The van der Waals surface area contributed by atoms with Gasteiger partial charge in [0.15, 0.2) is 6.61 Å². The summed E-state index contributed by atoms with van der Waals surface area (Å²) in [5.41, 5.74) is 4.74. The number of hydrogen-bond acceptors (Lipinski definition) is 5. The second kappa shape index (κ2) is 13.2. The highest BCUT2D eigenvalue weighted by atomic mass is 79.9. The molecule has 0 radical (unpaired) electrons. The summed E-state index contributed by atoms with van der Waals surface area (Å²) in [5, 5.41) is 2.78. The van der Waals surface area contributed by atoms with E-state index in [0.717, 1.165) is 15.6 Å². The summed E-state index contributed by atoms with van der Waals surface area (Å²) in [7, 11) is -3.68. The summed E-state index contributed by atoms with van der Waals surface area (Å²) in [6, 6.07) is 30.9. The van der Waals surface area contributed by atoms with E-state index in [-0.39, 0.29) is 23.5 Å². The third-order valence-corrected chi connectivity index (χ3v) is 9.79. The van der Waals surface area contributed by atoms with Crippen LogP contribution in [0.1, 0.15) is 28.3 Å². The molecule has 0 saturated carbocycles. The molecule has 1 aliphatic heterocycles. The summed E-state index contributed by atoms with van der Waals surface area (Å²) < 4.78 is 35.2. The highest BCUT2D eigenvalue weighted by Gasteiger charge is 2.32. The second-order valence-corrected chi connectivity index (χ2v) is 13.2. The molecule has 0 unspecified atom stereocenters. The van der Waals surface area contributed by atoms with Crippen molar-refractivity contribution in [2.24, 2.45) is 0 Å². The first-order chi connectivity index (χ1) is 20.2. The van der Waals surface area contributed by atoms with Crippen molar-refractivity contribution in [2.45, 2.75) is 24.8 Å². The highest BCUT2D eigenvalue weighted by Crippen LogP contribution is 2.31. The summed E-state index contributed by atoms with van der Waals surface area (Å²) in [5.74, 6) is 0.351. The molecule has 1 heterocycles. The van der Waals surface area contributed by atoms with Gasteiger partial charge in [0, 0.05) is 36.3 Å². The third kappa shape index (κ3) is 6.93. The molecule has 4 aromatic rings. The van der Waals surface area contributed by atoms with Gasteiger partial charge in [-0.25, -0.2) is 8.42 Å². The van der Waals surface area contributed by atoms with E-state index in [1.54, 1.807) is 16.4 Å². The van der Waals surface area contributed by atoms with Gasteiger partial charge in [-0.15, -0.1) is 0 Å². The molecule has 5 rings (SSSR count). The van der Waals surface area contributed by atoms with Gasteiger partial charge in [0.05, 0.1) is 10.9 Å². The molecule has 1 saturated heterocycles. The fraction of sp³-hybridized carbons (Fsp3) is 0.242. The zero-order valence-corrected chi connectivity index (χ0v) is 26.1. The first-order valence-electron chi connectivity index (χ1n) is 13.9. The third-order valence-electron chi connectivity index (χ3n) is 7.42. The van der Waals surface area contributed by atoms with E-state index in [0.29, 0.717) is 37.6 Å². The Balaban J connectivity index is 1.20. The predicted octanol–water partition coefficient (Wildman–Crippen LogP) is 6.18. The molecule has 1 N–H and O–H groups in total. The van der Waals surface area contributed by atoms with Crippen LogP contribution in [0.4, 0.5) is 5.69 Å². The van der Waals surface area contributed by atoms with Crippen LogP contribution in [0.3, 0.4) is 0 Å². The fourth-order valence-corrected chi connectivity index (χ4v) is 7.52. The number of hydrogen-bond donors (Lipinski definition) is 1. The lowest BCUT2D eigenvalue weighted by Gasteiger charge is -2.39. The van der Waals surface area contributed by atoms with Crippen molar-refractivity contribution in [3.8, 4) is 5.75 Å². The summed E-state index contributed by atoms with van der Waals surface area (Å²) in [6.07, 6.45) is 0. The van der Waals surface area contributed by atoms with Crippen molar-refractivity contribution in [1.29, 1.82) is 0 Å². The minimum Gasteiger partial charge on any atom is -0.483 e. The Morgan fingerprint density at radius 2 is 1.36 bits per heavy atom. The van der Waals surface area contributed by atoms with Crippen molar-refractivity contribution < 1.29 is 17.9 Å². The molecule has 0 bridgehead atoms. The summed E-state index contributed by atoms with van der Waals surface area (Å²) >= 11 is 3.46. The molecule has 1 amide bonds. The van der Waals surface area contributed by atoms with Crippen LogP contribution in [0.25, 0.3) is 0 Å². The van der Waals surface area contributed by atoms with Crippen LogP contribution in [-0.4, -0.2) is 56.3 Å². The van der Waals surface area contributed by atoms with Crippen molar-refractivity contribution in [3.05, 3.63) is 124 Å². The number of piperazine rings is 1. The van der Waals surface area contributed by atoms with Crippen LogP contribution in [0, 0.1) is 13.8 Å². The van der Waals surface area contributed by atoms with E-state index in [9.17, 15) is 13.2 Å². The van der Waals surface area contributed by atoms with Crippen molar-refractivity contribution in [3.63, 3.8) is 0 Å². The van der Waals surface area contributed by atoms with Crippen LogP contribution in [0.15, 0.2) is 106 Å². The Labute approximate surface area is 256 Å². The predicted molar refractivity (Wildman–Crippen MR) is 169 cm³/mol. The van der Waals surface area contributed by atoms with Gasteiger partial charge in [-0.2, -0.15) is 4.31 Å². The zero-order chi connectivity index (χ0) is 29.7. The highest BCUT2D eigenvalue weighted by molar-refractivity contribution is 9.10. The van der Waals surface area contributed by atoms with Gasteiger partial charge in [-0.05, 0) is 72.5 Å². The van der Waals surface area contributed by atoms with E-state index in [1.807, 2.05) is 62.4 Å². The maximum Gasteiger partial charge on any atom is 0.262 e. The van der Waals surface area contributed by atoms with Crippen molar-refractivity contribution in [2.75, 3.05) is 38.1 Å². The first kappa shape index (κ1) is 30.0. The van der Waals surface area contributed by atoms with E-state index in [4.69, 9.17) is 4.74 Å². The average molecular weight is 649 g/mol. The summed E-state index contributed by atoms with van der Waals surface area (Å²) in [6.45, 7) is 5.70. The number of carbonyl (C=O) groups is 1. The normalized spacial score (nSPS) is 14.6. The minimum absolute atomic E-state index is 0.0562. The molecule has 0 spiro atoms. The van der Waals surface area contributed by atoms with E-state index < -0.39 is 10.0 Å². The van der Waals surface area contributed by atoms with Crippen LogP contribution >= 0.6 is 15.9 Å². The Kier molecular flexibility index (Phi) is 9.43. The van der Waals surface area contributed by atoms with E-state index >= 15 is 0 Å². The maximum absolute atomic E-state index is 13.5. The van der Waals surface area contributed by atoms with Crippen LogP contribution in [0.2, 0.25) is 0 Å². The zero-order valence-electron chi connectivity index (χ0n) is 23.7. The number of anilines is 1. The molecular formula is C33H34BrN3O4S. The van der Waals surface area contributed by atoms with Gasteiger partial charge in [-0.1, -0.05) is 76.6 Å². The fourth-order valence-electron chi connectivity index (χ4n) is 5.41. The molecule has 1 fully saturated rings. The van der Waals surface area contributed by atoms with Gasteiger partial charge in [0.1, 0.15) is 5.75 Å². The Hall–Kier alpha value is -3.50. The maximum atomic E-state index is 13.5. The number of amides is 1. The molecule has 0 aliphatic carbocycles. The molecular weight excluding hydrogens is 614 g/mol. The largest absolute Gasteiger partial charge is 0.483 e. The lowest BCUT2D eigenvalue weighted by molar-refractivity contribution is -0.118. The van der Waals surface area contributed by atoms with Crippen LogP contribution < -0.4 is 10.1 Å². The monoisotopic (exact) mass is 647 g/mol. The minimum atomic E-state index is -3.68. The molecule has 9 heteroatoms. The molecule has 7 nitrogen and oxygen atoms in total. The SMILES string of the molecule is Cc1cc(Br)cc(C)c1OCC(=O)Nc1ccc(S(=O)(=O)N2CCN(C(c3ccccc3)c3ccccc3)CC2)cc1. The smallest absolute Gasteiger partial charge is 0.262 e. The molecule has 218 valence electrons. The van der Waals surface area contributed by atoms with E-state index in [1.165, 1.54) is 23.3 Å². The molecule has 0 atom stereocenters. The first-order valence-corrected chi connectivity index (χ1v) is 16.1. The standard InChI is InChI=1S/C33H34BrN3O4S/c1-24-21-28(34)22-25(2)33(24)41-23-31(38)35-29-13-15-30(16-14-29)42(39,40)37-19-17-36(18-20-37)32(26-9-5-3-6-10-26)27-11-7-4-8-12-27/h3-16,21-22,32H,17-20,23H2,1-2H3,(H,35,38). The topological polar surface area (TPSA) is 78.9 Å². The van der Waals surface area contributed by atoms with Gasteiger partial charge >= 0.3 is 0 Å².